The van der Waals surface area contributed by atoms with E-state index in [-0.39, 0.29) is 11.4 Å². The van der Waals surface area contributed by atoms with Crippen molar-refractivity contribution in [2.45, 2.75) is 52.1 Å². The zero-order chi connectivity index (χ0) is 14.5. The summed E-state index contributed by atoms with van der Waals surface area (Å²) in [6.45, 7) is 10.1. The van der Waals surface area contributed by atoms with E-state index in [4.69, 9.17) is 5.73 Å². The highest BCUT2D eigenvalue weighted by molar-refractivity contribution is 5.20. The number of nitrogens with two attached hydrogens (primary N) is 1. The van der Waals surface area contributed by atoms with Gasteiger partial charge in [0.2, 0.25) is 0 Å². The molecule has 1 rings (SSSR count). The number of hydrogen-bond acceptors (Lipinski definition) is 2. The van der Waals surface area contributed by atoms with Gasteiger partial charge < -0.3 is 5.73 Å². The van der Waals surface area contributed by atoms with Gasteiger partial charge in [0.05, 0.1) is 0 Å². The molecule has 0 saturated heterocycles. The lowest BCUT2D eigenvalue weighted by molar-refractivity contribution is 0.0716. The van der Waals surface area contributed by atoms with Crippen molar-refractivity contribution in [1.29, 1.82) is 0 Å². The highest BCUT2D eigenvalue weighted by Crippen LogP contribution is 2.24. The van der Waals surface area contributed by atoms with Crippen molar-refractivity contribution < 1.29 is 4.39 Å². The SMILES string of the molecule is CCC(C)N(CC)C(C)(CN)Cc1ccccc1F. The molecule has 0 aliphatic rings. The molecule has 0 aliphatic heterocycles. The van der Waals surface area contributed by atoms with Gasteiger partial charge in [-0.1, -0.05) is 32.0 Å². The Balaban J connectivity index is 2.99. The van der Waals surface area contributed by atoms with Crippen LogP contribution < -0.4 is 5.73 Å². The molecule has 0 saturated carbocycles. The molecule has 0 spiro atoms. The van der Waals surface area contributed by atoms with Crippen LogP contribution in [0.15, 0.2) is 24.3 Å². The fourth-order valence-electron chi connectivity index (χ4n) is 2.79. The van der Waals surface area contributed by atoms with E-state index < -0.39 is 0 Å². The number of likely N-dealkylation sites (N-methyl/N-ethyl adjacent to an activating group) is 1. The van der Waals surface area contributed by atoms with Crippen LogP contribution in [0.1, 0.15) is 39.7 Å². The Morgan fingerprint density at radius 2 is 1.95 bits per heavy atom. The third-order valence-corrected chi connectivity index (χ3v) is 4.13. The molecule has 0 radical (unpaired) electrons. The Kier molecular flexibility index (Phi) is 5.95. The van der Waals surface area contributed by atoms with E-state index in [1.165, 1.54) is 6.07 Å². The monoisotopic (exact) mass is 266 g/mol. The molecule has 2 unspecified atom stereocenters. The average Bonchev–Trinajstić information content (AvgIpc) is 2.42. The molecule has 19 heavy (non-hydrogen) atoms. The number of benzene rings is 1. The second kappa shape index (κ2) is 7.01. The molecule has 0 fully saturated rings. The molecule has 2 N–H and O–H groups in total. The molecule has 0 amide bonds. The van der Waals surface area contributed by atoms with Gasteiger partial charge >= 0.3 is 0 Å². The first-order valence-corrected chi connectivity index (χ1v) is 7.18. The summed E-state index contributed by atoms with van der Waals surface area (Å²) in [5.41, 5.74) is 6.56. The van der Waals surface area contributed by atoms with Crippen molar-refractivity contribution in [1.82, 2.24) is 4.90 Å². The van der Waals surface area contributed by atoms with E-state index in [1.54, 1.807) is 6.07 Å². The second-order valence-corrected chi connectivity index (χ2v) is 5.51. The molecule has 108 valence electrons. The maximum Gasteiger partial charge on any atom is 0.126 e. The van der Waals surface area contributed by atoms with Gasteiger partial charge in [0.15, 0.2) is 0 Å². The molecule has 3 heteroatoms. The van der Waals surface area contributed by atoms with Gasteiger partial charge in [-0.05, 0) is 44.9 Å². The van der Waals surface area contributed by atoms with Gasteiger partial charge in [0, 0.05) is 18.1 Å². The molecule has 0 aromatic heterocycles. The minimum absolute atomic E-state index is 0.137. The van der Waals surface area contributed by atoms with E-state index in [1.807, 2.05) is 12.1 Å². The number of hydrogen-bond donors (Lipinski definition) is 1. The van der Waals surface area contributed by atoms with Crippen LogP contribution in [0.25, 0.3) is 0 Å². The van der Waals surface area contributed by atoms with Crippen LogP contribution in [0.5, 0.6) is 0 Å². The average molecular weight is 266 g/mol. The van der Waals surface area contributed by atoms with E-state index in [0.29, 0.717) is 19.0 Å². The van der Waals surface area contributed by atoms with Gasteiger partial charge in [-0.2, -0.15) is 0 Å². The first-order valence-electron chi connectivity index (χ1n) is 7.18. The van der Waals surface area contributed by atoms with Gasteiger partial charge in [0.1, 0.15) is 5.82 Å². The Morgan fingerprint density at radius 3 is 2.42 bits per heavy atom. The predicted octanol–water partition coefficient (Wildman–Crippen LogP) is 3.21. The maximum atomic E-state index is 13.8. The Labute approximate surface area is 116 Å². The lowest BCUT2D eigenvalue weighted by Gasteiger charge is -2.44. The standard InChI is InChI=1S/C16H27FN2/c1-5-13(3)19(6-2)16(4,12-18)11-14-9-7-8-10-15(14)17/h7-10,13H,5-6,11-12,18H2,1-4H3. The summed E-state index contributed by atoms with van der Waals surface area (Å²) < 4.78 is 13.8. The minimum Gasteiger partial charge on any atom is -0.329 e. The highest BCUT2D eigenvalue weighted by atomic mass is 19.1. The van der Waals surface area contributed by atoms with Gasteiger partial charge in [-0.3, -0.25) is 4.90 Å². The van der Waals surface area contributed by atoms with Crippen LogP contribution in [0.3, 0.4) is 0 Å². The minimum atomic E-state index is -0.202. The summed E-state index contributed by atoms with van der Waals surface area (Å²) in [5.74, 6) is -0.137. The van der Waals surface area contributed by atoms with E-state index in [0.717, 1.165) is 18.5 Å². The first kappa shape index (κ1) is 16.1. The fourth-order valence-corrected chi connectivity index (χ4v) is 2.79. The van der Waals surface area contributed by atoms with Crippen molar-refractivity contribution in [2.75, 3.05) is 13.1 Å². The molecular formula is C16H27FN2. The van der Waals surface area contributed by atoms with Gasteiger partial charge in [-0.25, -0.2) is 4.39 Å². The van der Waals surface area contributed by atoms with Crippen LogP contribution >= 0.6 is 0 Å². The molecule has 2 atom stereocenters. The van der Waals surface area contributed by atoms with Crippen molar-refractivity contribution >= 4 is 0 Å². The molecule has 0 heterocycles. The van der Waals surface area contributed by atoms with Crippen LogP contribution in [0.4, 0.5) is 4.39 Å². The quantitative estimate of drug-likeness (QED) is 0.821. The van der Waals surface area contributed by atoms with Crippen molar-refractivity contribution in [3.63, 3.8) is 0 Å². The summed E-state index contributed by atoms with van der Waals surface area (Å²) in [5, 5.41) is 0. The predicted molar refractivity (Wildman–Crippen MR) is 79.7 cm³/mol. The van der Waals surface area contributed by atoms with Gasteiger partial charge in [-0.15, -0.1) is 0 Å². The van der Waals surface area contributed by atoms with Crippen molar-refractivity contribution in [3.8, 4) is 0 Å². The molecule has 1 aromatic rings. The Morgan fingerprint density at radius 1 is 1.32 bits per heavy atom. The third kappa shape index (κ3) is 3.77. The lowest BCUT2D eigenvalue weighted by Crippen LogP contribution is -2.56. The zero-order valence-corrected chi connectivity index (χ0v) is 12.6. The number of nitrogens with zero attached hydrogens (tertiary/aromatic N) is 1. The van der Waals surface area contributed by atoms with Gasteiger partial charge in [0.25, 0.3) is 0 Å². The lowest BCUT2D eigenvalue weighted by atomic mass is 9.89. The van der Waals surface area contributed by atoms with Crippen LogP contribution in [0, 0.1) is 5.82 Å². The number of rotatable bonds is 7. The summed E-state index contributed by atoms with van der Waals surface area (Å²) >= 11 is 0. The largest absolute Gasteiger partial charge is 0.329 e. The normalized spacial score (nSPS) is 16.4. The fraction of sp³-hybridized carbons (Fsp3) is 0.625. The van der Waals surface area contributed by atoms with Crippen LogP contribution in [0.2, 0.25) is 0 Å². The van der Waals surface area contributed by atoms with Crippen molar-refractivity contribution in [3.05, 3.63) is 35.6 Å². The first-order chi connectivity index (χ1) is 8.98. The highest BCUT2D eigenvalue weighted by Gasteiger charge is 2.33. The third-order valence-electron chi connectivity index (χ3n) is 4.13. The summed E-state index contributed by atoms with van der Waals surface area (Å²) in [6.07, 6.45) is 1.72. The van der Waals surface area contributed by atoms with E-state index in [9.17, 15) is 4.39 Å². The summed E-state index contributed by atoms with van der Waals surface area (Å²) in [6, 6.07) is 7.43. The number of halogens is 1. The summed E-state index contributed by atoms with van der Waals surface area (Å²) in [7, 11) is 0. The Bertz CT molecular complexity index is 394. The summed E-state index contributed by atoms with van der Waals surface area (Å²) in [4.78, 5) is 2.39. The molecule has 0 aliphatic carbocycles. The van der Waals surface area contributed by atoms with E-state index >= 15 is 0 Å². The van der Waals surface area contributed by atoms with Crippen LogP contribution in [-0.4, -0.2) is 29.6 Å². The van der Waals surface area contributed by atoms with Crippen LogP contribution in [-0.2, 0) is 6.42 Å². The maximum absolute atomic E-state index is 13.8. The second-order valence-electron chi connectivity index (χ2n) is 5.51. The molecule has 0 bridgehead atoms. The zero-order valence-electron chi connectivity index (χ0n) is 12.6. The molecule has 2 nitrogen and oxygen atoms in total. The molecular weight excluding hydrogens is 239 g/mol. The van der Waals surface area contributed by atoms with Crippen molar-refractivity contribution in [2.24, 2.45) is 5.73 Å². The topological polar surface area (TPSA) is 29.3 Å². The van der Waals surface area contributed by atoms with E-state index in [2.05, 4.69) is 32.6 Å². The Hall–Kier alpha value is -0.930. The molecule has 1 aromatic carbocycles. The smallest absolute Gasteiger partial charge is 0.126 e.